The highest BCUT2D eigenvalue weighted by Gasteiger charge is 2.02. The summed E-state index contributed by atoms with van der Waals surface area (Å²) >= 11 is 0. The predicted molar refractivity (Wildman–Crippen MR) is 49.5 cm³/mol. The molecule has 12 heavy (non-hydrogen) atoms. The first-order valence-electron chi connectivity index (χ1n) is 3.50. The van der Waals surface area contributed by atoms with Crippen LogP contribution in [-0.2, 0) is 10.8 Å². The molecule has 0 saturated heterocycles. The lowest BCUT2D eigenvalue weighted by molar-refractivity contribution is 0.419. The largest absolute Gasteiger partial charge is 0.512 e. The number of rotatable bonds is 3. The number of hydrogen-bond acceptors (Lipinski definition) is 2. The van der Waals surface area contributed by atoms with Gasteiger partial charge in [-0.25, -0.2) is 0 Å². The van der Waals surface area contributed by atoms with Gasteiger partial charge in [-0.15, -0.1) is 0 Å². The van der Waals surface area contributed by atoms with Crippen molar-refractivity contribution in [2.24, 2.45) is 0 Å². The van der Waals surface area contributed by atoms with Crippen LogP contribution in [0.1, 0.15) is 0 Å². The molecule has 0 saturated carbocycles. The van der Waals surface area contributed by atoms with Crippen molar-refractivity contribution in [2.75, 3.05) is 5.75 Å². The van der Waals surface area contributed by atoms with Gasteiger partial charge >= 0.3 is 0 Å². The van der Waals surface area contributed by atoms with Gasteiger partial charge in [0.05, 0.1) is 22.3 Å². The van der Waals surface area contributed by atoms with Gasteiger partial charge in [-0.2, -0.15) is 0 Å². The van der Waals surface area contributed by atoms with Crippen LogP contribution in [0.3, 0.4) is 0 Å². The average Bonchev–Trinajstić information content (AvgIpc) is 2.05. The lowest BCUT2D eigenvalue weighted by atomic mass is 10.4. The van der Waals surface area contributed by atoms with Gasteiger partial charge in [0, 0.05) is 4.90 Å². The molecule has 1 rings (SSSR count). The minimum absolute atomic E-state index is 0.0443. The molecular formula is C9H10O2S. The molecule has 0 amide bonds. The van der Waals surface area contributed by atoms with Crippen LogP contribution in [0.4, 0.5) is 0 Å². The van der Waals surface area contributed by atoms with E-state index >= 15 is 0 Å². The summed E-state index contributed by atoms with van der Waals surface area (Å²) < 4.78 is 11.3. The summed E-state index contributed by atoms with van der Waals surface area (Å²) in [5, 5.41) is 8.80. The van der Waals surface area contributed by atoms with Crippen LogP contribution in [0.5, 0.6) is 0 Å². The van der Waals surface area contributed by atoms with E-state index in [1.54, 1.807) is 12.1 Å². The first-order valence-corrected chi connectivity index (χ1v) is 4.82. The Morgan fingerprint density at radius 2 is 2.00 bits per heavy atom. The van der Waals surface area contributed by atoms with Crippen LogP contribution in [0, 0.1) is 0 Å². The van der Waals surface area contributed by atoms with Crippen molar-refractivity contribution in [2.45, 2.75) is 4.90 Å². The number of aliphatic hydroxyl groups excluding tert-OH is 1. The highest BCUT2D eigenvalue weighted by molar-refractivity contribution is 7.85. The highest BCUT2D eigenvalue weighted by atomic mass is 32.2. The third kappa shape index (κ3) is 2.51. The standard InChI is InChI=1S/C9H10O2S/c1-8(10)7-12(11)9-5-3-2-4-6-9/h2-6,10H,1,7H2. The zero-order valence-corrected chi connectivity index (χ0v) is 7.38. The summed E-state index contributed by atoms with van der Waals surface area (Å²) in [6.07, 6.45) is 0. The van der Waals surface area contributed by atoms with E-state index in [2.05, 4.69) is 6.58 Å². The van der Waals surface area contributed by atoms with E-state index in [1.807, 2.05) is 18.2 Å². The van der Waals surface area contributed by atoms with Crippen LogP contribution >= 0.6 is 0 Å². The van der Waals surface area contributed by atoms with E-state index in [0.29, 0.717) is 4.90 Å². The maximum atomic E-state index is 11.3. The maximum Gasteiger partial charge on any atom is 0.0979 e. The van der Waals surface area contributed by atoms with Gasteiger partial charge in [-0.3, -0.25) is 4.21 Å². The van der Waals surface area contributed by atoms with E-state index in [4.69, 9.17) is 5.11 Å². The second-order valence-corrected chi connectivity index (χ2v) is 3.82. The topological polar surface area (TPSA) is 37.3 Å². The van der Waals surface area contributed by atoms with Crippen LogP contribution in [-0.4, -0.2) is 15.1 Å². The third-order valence-electron chi connectivity index (χ3n) is 1.30. The van der Waals surface area contributed by atoms with E-state index in [0.717, 1.165) is 0 Å². The highest BCUT2D eigenvalue weighted by Crippen LogP contribution is 2.06. The molecule has 0 bridgehead atoms. The number of benzene rings is 1. The third-order valence-corrected chi connectivity index (χ3v) is 2.70. The fourth-order valence-electron chi connectivity index (χ4n) is 0.807. The summed E-state index contributed by atoms with van der Waals surface area (Å²) in [4.78, 5) is 0.715. The minimum atomic E-state index is -1.16. The van der Waals surface area contributed by atoms with Crippen molar-refractivity contribution in [1.29, 1.82) is 0 Å². The summed E-state index contributed by atoms with van der Waals surface area (Å²) in [6.45, 7) is 3.28. The molecule has 0 aliphatic rings. The van der Waals surface area contributed by atoms with Gasteiger partial charge in [-0.05, 0) is 12.1 Å². The second kappa shape index (κ2) is 4.07. The Morgan fingerprint density at radius 3 is 2.50 bits per heavy atom. The number of aliphatic hydroxyl groups is 1. The average molecular weight is 182 g/mol. The molecule has 1 atom stereocenters. The fraction of sp³-hybridized carbons (Fsp3) is 0.111. The molecule has 0 spiro atoms. The Balaban J connectivity index is 2.73. The fourth-order valence-corrected chi connectivity index (χ4v) is 1.74. The maximum absolute atomic E-state index is 11.3. The second-order valence-electron chi connectivity index (χ2n) is 2.37. The molecule has 1 unspecified atom stereocenters. The molecular weight excluding hydrogens is 172 g/mol. The van der Waals surface area contributed by atoms with Crippen LogP contribution in [0.25, 0.3) is 0 Å². The van der Waals surface area contributed by atoms with Crippen LogP contribution in [0.2, 0.25) is 0 Å². The monoisotopic (exact) mass is 182 g/mol. The van der Waals surface area contributed by atoms with Crippen LogP contribution in [0.15, 0.2) is 47.6 Å². The summed E-state index contributed by atoms with van der Waals surface area (Å²) in [6, 6.07) is 9.01. The summed E-state index contributed by atoms with van der Waals surface area (Å²) in [5.41, 5.74) is 0. The number of hydrogen-bond donors (Lipinski definition) is 1. The first kappa shape index (κ1) is 9.00. The summed E-state index contributed by atoms with van der Waals surface area (Å²) in [7, 11) is -1.16. The summed E-state index contributed by atoms with van der Waals surface area (Å²) in [5.74, 6) is 0.0708. The van der Waals surface area contributed by atoms with Crippen molar-refractivity contribution in [3.63, 3.8) is 0 Å². The smallest absolute Gasteiger partial charge is 0.0979 e. The molecule has 1 N–H and O–H groups in total. The molecule has 0 aliphatic heterocycles. The molecule has 64 valence electrons. The zero-order chi connectivity index (χ0) is 8.97. The lowest BCUT2D eigenvalue weighted by Gasteiger charge is -1.99. The van der Waals surface area contributed by atoms with E-state index in [1.165, 1.54) is 0 Å². The molecule has 0 fully saturated rings. The van der Waals surface area contributed by atoms with Crippen molar-refractivity contribution in [3.8, 4) is 0 Å². The van der Waals surface area contributed by atoms with Crippen molar-refractivity contribution >= 4 is 10.8 Å². The normalized spacial score (nSPS) is 12.3. The van der Waals surface area contributed by atoms with Crippen molar-refractivity contribution in [1.82, 2.24) is 0 Å². The Kier molecular flexibility index (Phi) is 3.05. The predicted octanol–water partition coefficient (Wildman–Crippen LogP) is 1.87. The van der Waals surface area contributed by atoms with Gasteiger partial charge in [0.1, 0.15) is 0 Å². The minimum Gasteiger partial charge on any atom is -0.512 e. The van der Waals surface area contributed by atoms with Crippen molar-refractivity contribution in [3.05, 3.63) is 42.7 Å². The molecule has 0 radical (unpaired) electrons. The Hall–Kier alpha value is -1.09. The molecule has 2 nitrogen and oxygen atoms in total. The zero-order valence-electron chi connectivity index (χ0n) is 6.56. The quantitative estimate of drug-likeness (QED) is 0.724. The first-order chi connectivity index (χ1) is 5.70. The van der Waals surface area contributed by atoms with Crippen LogP contribution < -0.4 is 0 Å². The lowest BCUT2D eigenvalue weighted by Crippen LogP contribution is -1.99. The van der Waals surface area contributed by atoms with Gasteiger partial charge in [0.2, 0.25) is 0 Å². The van der Waals surface area contributed by atoms with E-state index in [9.17, 15) is 4.21 Å². The molecule has 1 aromatic carbocycles. The van der Waals surface area contributed by atoms with Gasteiger partial charge < -0.3 is 5.11 Å². The molecule has 3 heteroatoms. The molecule has 1 aromatic rings. The van der Waals surface area contributed by atoms with Gasteiger partial charge in [0.15, 0.2) is 0 Å². The Labute approximate surface area is 74.0 Å². The van der Waals surface area contributed by atoms with E-state index < -0.39 is 10.8 Å². The molecule has 0 heterocycles. The van der Waals surface area contributed by atoms with Gasteiger partial charge in [-0.1, -0.05) is 24.8 Å². The Bertz CT molecular complexity index is 293. The Morgan fingerprint density at radius 1 is 1.42 bits per heavy atom. The molecule has 0 aromatic heterocycles. The van der Waals surface area contributed by atoms with E-state index in [-0.39, 0.29) is 11.5 Å². The SMILES string of the molecule is C=C(O)CS(=O)c1ccccc1. The van der Waals surface area contributed by atoms with Crippen molar-refractivity contribution < 1.29 is 9.32 Å². The van der Waals surface area contributed by atoms with Gasteiger partial charge in [0.25, 0.3) is 0 Å². The molecule has 0 aliphatic carbocycles.